The zero-order valence-electron chi connectivity index (χ0n) is 19.2. The molecule has 33 heavy (non-hydrogen) atoms. The number of nitrogens with one attached hydrogen (secondary N) is 1. The first-order chi connectivity index (χ1) is 16.0. The summed E-state index contributed by atoms with van der Waals surface area (Å²) < 4.78 is 9.88. The van der Waals surface area contributed by atoms with Crippen molar-refractivity contribution >= 4 is 17.2 Å². The van der Waals surface area contributed by atoms with Crippen molar-refractivity contribution in [2.24, 2.45) is 7.05 Å². The van der Waals surface area contributed by atoms with Gasteiger partial charge in [-0.2, -0.15) is 10.2 Å². The fraction of sp³-hybridized carbons (Fsp3) is 0.417. The predicted octanol–water partition coefficient (Wildman–Crippen LogP) is 3.54. The maximum Gasteiger partial charge on any atom is 0.165 e. The standard InChI is InChI=1S/C24H28N8O/c1-15-10-21(28-24(26-15)16-4-5-16)27-22-12-19-11-17(6-9-32(19)29-22)23-20(13-25-31(23)3)33-14-18-7-8-30(18)2/h6,9-13,16,18H,4-5,7-8,14H2,1-3H3,(H,26,27,28,29)/t18-/m1/s1. The van der Waals surface area contributed by atoms with Crippen molar-refractivity contribution < 1.29 is 4.74 Å². The highest BCUT2D eigenvalue weighted by atomic mass is 16.5. The van der Waals surface area contributed by atoms with E-state index in [2.05, 4.69) is 38.5 Å². The molecular formula is C24H28N8O. The van der Waals surface area contributed by atoms with Crippen LogP contribution in [0.5, 0.6) is 5.75 Å². The molecule has 1 saturated carbocycles. The summed E-state index contributed by atoms with van der Waals surface area (Å²) in [5.41, 5.74) is 3.96. The fourth-order valence-corrected chi connectivity index (χ4v) is 4.33. The summed E-state index contributed by atoms with van der Waals surface area (Å²) in [7, 11) is 4.08. The van der Waals surface area contributed by atoms with Gasteiger partial charge in [-0.1, -0.05) is 0 Å². The van der Waals surface area contributed by atoms with Gasteiger partial charge in [0, 0.05) is 48.6 Å². The average molecular weight is 445 g/mol. The first-order valence-corrected chi connectivity index (χ1v) is 11.5. The van der Waals surface area contributed by atoms with Crippen LogP contribution >= 0.6 is 0 Å². The molecule has 0 radical (unpaired) electrons. The number of ether oxygens (including phenoxy) is 1. The second-order valence-corrected chi connectivity index (χ2v) is 9.18. The van der Waals surface area contributed by atoms with E-state index in [0.717, 1.165) is 52.2 Å². The Morgan fingerprint density at radius 2 is 1.97 bits per heavy atom. The van der Waals surface area contributed by atoms with Crippen molar-refractivity contribution in [2.75, 3.05) is 25.5 Å². The van der Waals surface area contributed by atoms with Gasteiger partial charge >= 0.3 is 0 Å². The molecule has 0 aromatic carbocycles. The number of pyridine rings is 1. The second kappa shape index (κ2) is 7.84. The van der Waals surface area contributed by atoms with Gasteiger partial charge < -0.3 is 10.1 Å². The molecular weight excluding hydrogens is 416 g/mol. The van der Waals surface area contributed by atoms with Crippen molar-refractivity contribution in [1.29, 1.82) is 0 Å². The Hall–Kier alpha value is -3.46. The van der Waals surface area contributed by atoms with Gasteiger partial charge in [0.25, 0.3) is 0 Å². The number of aromatic nitrogens is 6. The predicted molar refractivity (Wildman–Crippen MR) is 126 cm³/mol. The molecule has 2 aliphatic rings. The molecule has 1 aliphatic heterocycles. The molecule has 2 fully saturated rings. The van der Waals surface area contributed by atoms with Gasteiger partial charge in [0.1, 0.15) is 23.9 Å². The molecule has 0 spiro atoms. The summed E-state index contributed by atoms with van der Waals surface area (Å²) in [6.07, 6.45) is 7.30. The van der Waals surface area contributed by atoms with Crippen molar-refractivity contribution in [3.05, 3.63) is 48.2 Å². The van der Waals surface area contributed by atoms with E-state index in [1.54, 1.807) is 6.20 Å². The van der Waals surface area contributed by atoms with Gasteiger partial charge in [0.15, 0.2) is 11.6 Å². The normalized spacial score (nSPS) is 18.5. The number of anilines is 2. The van der Waals surface area contributed by atoms with Crippen LogP contribution in [0.3, 0.4) is 0 Å². The summed E-state index contributed by atoms with van der Waals surface area (Å²) in [6, 6.07) is 8.62. The Kier molecular flexibility index (Phi) is 4.79. The lowest BCUT2D eigenvalue weighted by Crippen LogP contribution is -2.48. The van der Waals surface area contributed by atoms with Gasteiger partial charge in [-0.05, 0) is 51.9 Å². The van der Waals surface area contributed by atoms with E-state index in [1.165, 1.54) is 19.3 Å². The highest BCUT2D eigenvalue weighted by Gasteiger charge is 2.27. The van der Waals surface area contributed by atoms with Crippen molar-refractivity contribution in [3.63, 3.8) is 0 Å². The number of fused-ring (bicyclic) bond motifs is 1. The minimum absolute atomic E-state index is 0.481. The molecule has 0 amide bonds. The number of likely N-dealkylation sites (tertiary alicyclic amines) is 1. The van der Waals surface area contributed by atoms with Crippen LogP contribution in [0.2, 0.25) is 0 Å². The molecule has 9 heteroatoms. The smallest absolute Gasteiger partial charge is 0.165 e. The van der Waals surface area contributed by atoms with Gasteiger partial charge in [0.2, 0.25) is 0 Å². The van der Waals surface area contributed by atoms with Crippen molar-refractivity contribution in [3.8, 4) is 17.0 Å². The lowest BCUT2D eigenvalue weighted by Gasteiger charge is -2.37. The molecule has 1 atom stereocenters. The Morgan fingerprint density at radius 1 is 1.09 bits per heavy atom. The number of likely N-dealkylation sites (N-methyl/N-ethyl adjacent to an activating group) is 1. The summed E-state index contributed by atoms with van der Waals surface area (Å²) in [5.74, 6) is 3.79. The molecule has 5 heterocycles. The van der Waals surface area contributed by atoms with E-state index >= 15 is 0 Å². The number of hydrogen-bond acceptors (Lipinski definition) is 7. The number of rotatable bonds is 7. The Morgan fingerprint density at radius 3 is 2.73 bits per heavy atom. The summed E-state index contributed by atoms with van der Waals surface area (Å²) in [6.45, 7) is 3.82. The van der Waals surface area contributed by atoms with Crippen LogP contribution in [0, 0.1) is 6.92 Å². The lowest BCUT2D eigenvalue weighted by molar-refractivity contribution is 0.0771. The summed E-state index contributed by atoms with van der Waals surface area (Å²) >= 11 is 0. The second-order valence-electron chi connectivity index (χ2n) is 9.18. The largest absolute Gasteiger partial charge is 0.488 e. The van der Waals surface area contributed by atoms with Gasteiger partial charge in [-0.3, -0.25) is 9.58 Å². The maximum atomic E-state index is 6.16. The molecule has 1 saturated heterocycles. The minimum atomic E-state index is 0.481. The quantitative estimate of drug-likeness (QED) is 0.467. The Bertz CT molecular complexity index is 1320. The SMILES string of the molecule is Cc1cc(Nc2cc3cc(-c4c(OC[C@H]5CCN5C)cnn4C)ccn3n2)nc(C2CC2)n1. The third-order valence-electron chi connectivity index (χ3n) is 6.58. The van der Waals surface area contributed by atoms with Crippen LogP contribution in [0.25, 0.3) is 16.8 Å². The lowest BCUT2D eigenvalue weighted by atomic mass is 10.1. The molecule has 6 rings (SSSR count). The average Bonchev–Trinajstić information content (AvgIpc) is 3.47. The Balaban J connectivity index is 1.25. The molecule has 0 bridgehead atoms. The monoisotopic (exact) mass is 444 g/mol. The van der Waals surface area contributed by atoms with Crippen LogP contribution in [0.1, 0.15) is 36.7 Å². The zero-order valence-corrected chi connectivity index (χ0v) is 19.2. The van der Waals surface area contributed by atoms with E-state index in [1.807, 2.05) is 47.6 Å². The summed E-state index contributed by atoms with van der Waals surface area (Å²) in [5, 5.41) is 12.5. The molecule has 4 aromatic heterocycles. The fourth-order valence-electron chi connectivity index (χ4n) is 4.33. The molecule has 9 nitrogen and oxygen atoms in total. The van der Waals surface area contributed by atoms with E-state index in [4.69, 9.17) is 9.72 Å². The van der Waals surface area contributed by atoms with Gasteiger partial charge in [-0.25, -0.2) is 14.5 Å². The number of aryl methyl sites for hydroxylation is 2. The van der Waals surface area contributed by atoms with Gasteiger partial charge in [0.05, 0.1) is 11.7 Å². The Labute approximate surface area is 192 Å². The maximum absolute atomic E-state index is 6.16. The third-order valence-corrected chi connectivity index (χ3v) is 6.58. The minimum Gasteiger partial charge on any atom is -0.488 e. The topological polar surface area (TPSA) is 85.4 Å². The highest BCUT2D eigenvalue weighted by Crippen LogP contribution is 2.38. The third kappa shape index (κ3) is 3.93. The number of nitrogens with zero attached hydrogens (tertiary/aromatic N) is 7. The zero-order chi connectivity index (χ0) is 22.5. The highest BCUT2D eigenvalue weighted by molar-refractivity contribution is 5.72. The molecule has 4 aromatic rings. The molecule has 1 aliphatic carbocycles. The van der Waals surface area contributed by atoms with E-state index < -0.39 is 0 Å². The molecule has 170 valence electrons. The number of hydrogen-bond donors (Lipinski definition) is 1. The van der Waals surface area contributed by atoms with Crippen LogP contribution in [0.15, 0.2) is 36.7 Å². The van der Waals surface area contributed by atoms with Crippen LogP contribution < -0.4 is 10.1 Å². The van der Waals surface area contributed by atoms with E-state index in [-0.39, 0.29) is 0 Å². The molecule has 0 unspecified atom stereocenters. The first-order valence-electron chi connectivity index (χ1n) is 11.5. The molecule has 1 N–H and O–H groups in total. The van der Waals surface area contributed by atoms with Crippen LogP contribution in [-0.2, 0) is 7.05 Å². The van der Waals surface area contributed by atoms with Crippen molar-refractivity contribution in [1.82, 2.24) is 34.3 Å². The van der Waals surface area contributed by atoms with Gasteiger partial charge in [-0.15, -0.1) is 0 Å². The van der Waals surface area contributed by atoms with E-state index in [9.17, 15) is 0 Å². The van der Waals surface area contributed by atoms with Crippen LogP contribution in [0.4, 0.5) is 11.6 Å². The van der Waals surface area contributed by atoms with Crippen molar-refractivity contribution in [2.45, 2.75) is 38.1 Å². The first kappa shape index (κ1) is 20.2. The van der Waals surface area contributed by atoms with E-state index in [0.29, 0.717) is 18.6 Å². The van der Waals surface area contributed by atoms with Crippen LogP contribution in [-0.4, -0.2) is 60.5 Å². The summed E-state index contributed by atoms with van der Waals surface area (Å²) in [4.78, 5) is 11.6.